The molecule has 4 heteroatoms. The summed E-state index contributed by atoms with van der Waals surface area (Å²) in [6, 6.07) is 7.66. The fraction of sp³-hybridized carbons (Fsp3) is 0.533. The first-order valence-corrected chi connectivity index (χ1v) is 6.64. The SMILES string of the molecule is COC(=O)CC1(Oc2ccccc2CCO)CCC1. The average Bonchev–Trinajstić information content (AvgIpc) is 2.38. The molecule has 0 heterocycles. The number of aliphatic hydroxyl groups excluding tert-OH is 1. The lowest BCUT2D eigenvalue weighted by atomic mass is 9.77. The van der Waals surface area contributed by atoms with Gasteiger partial charge in [-0.3, -0.25) is 4.79 Å². The van der Waals surface area contributed by atoms with Crippen LogP contribution in [0.4, 0.5) is 0 Å². The normalized spacial score (nSPS) is 16.5. The number of aliphatic hydroxyl groups is 1. The maximum absolute atomic E-state index is 11.5. The van der Waals surface area contributed by atoms with Gasteiger partial charge in [-0.2, -0.15) is 0 Å². The Morgan fingerprint density at radius 2 is 2.11 bits per heavy atom. The van der Waals surface area contributed by atoms with Crippen LogP contribution in [0.5, 0.6) is 5.75 Å². The van der Waals surface area contributed by atoms with Gasteiger partial charge in [0.1, 0.15) is 11.4 Å². The summed E-state index contributed by atoms with van der Waals surface area (Å²) in [5.74, 6) is 0.527. The van der Waals surface area contributed by atoms with E-state index < -0.39 is 5.60 Å². The van der Waals surface area contributed by atoms with E-state index in [0.717, 1.165) is 30.6 Å². The Kier molecular flexibility index (Phi) is 4.43. The zero-order valence-corrected chi connectivity index (χ0v) is 11.2. The van der Waals surface area contributed by atoms with E-state index in [2.05, 4.69) is 0 Å². The third-order valence-corrected chi connectivity index (χ3v) is 3.64. The number of hydrogen-bond donors (Lipinski definition) is 1. The minimum absolute atomic E-state index is 0.0877. The second kappa shape index (κ2) is 6.06. The van der Waals surface area contributed by atoms with Crippen LogP contribution >= 0.6 is 0 Å². The molecule has 1 aliphatic carbocycles. The second-order valence-corrected chi connectivity index (χ2v) is 4.97. The zero-order valence-electron chi connectivity index (χ0n) is 11.2. The molecule has 0 bridgehead atoms. The lowest BCUT2D eigenvalue weighted by Crippen LogP contribution is -2.45. The largest absolute Gasteiger partial charge is 0.486 e. The van der Waals surface area contributed by atoms with Crippen LogP contribution in [-0.4, -0.2) is 30.4 Å². The molecule has 1 N–H and O–H groups in total. The molecule has 0 amide bonds. The molecule has 0 aromatic heterocycles. The summed E-state index contributed by atoms with van der Waals surface area (Å²) >= 11 is 0. The van der Waals surface area contributed by atoms with Crippen molar-refractivity contribution in [3.63, 3.8) is 0 Å². The molecule has 0 aliphatic heterocycles. The summed E-state index contributed by atoms with van der Waals surface area (Å²) < 4.78 is 10.8. The molecular formula is C15H20O4. The smallest absolute Gasteiger partial charge is 0.309 e. The number of para-hydroxylation sites is 1. The summed E-state index contributed by atoms with van der Waals surface area (Å²) in [5, 5.41) is 9.07. The second-order valence-electron chi connectivity index (χ2n) is 4.97. The third-order valence-electron chi connectivity index (χ3n) is 3.64. The molecule has 0 radical (unpaired) electrons. The van der Waals surface area contributed by atoms with E-state index >= 15 is 0 Å². The molecule has 0 spiro atoms. The average molecular weight is 264 g/mol. The Morgan fingerprint density at radius 1 is 1.37 bits per heavy atom. The fourth-order valence-electron chi connectivity index (χ4n) is 2.38. The van der Waals surface area contributed by atoms with Crippen LogP contribution in [0, 0.1) is 0 Å². The Labute approximate surface area is 113 Å². The topological polar surface area (TPSA) is 55.8 Å². The number of rotatable bonds is 6. The quantitative estimate of drug-likeness (QED) is 0.799. The van der Waals surface area contributed by atoms with Crippen molar-refractivity contribution in [2.75, 3.05) is 13.7 Å². The molecule has 0 atom stereocenters. The van der Waals surface area contributed by atoms with Crippen molar-refractivity contribution < 1.29 is 19.4 Å². The Morgan fingerprint density at radius 3 is 2.68 bits per heavy atom. The van der Waals surface area contributed by atoms with Crippen LogP contribution in [-0.2, 0) is 16.0 Å². The number of benzene rings is 1. The fourth-order valence-corrected chi connectivity index (χ4v) is 2.38. The van der Waals surface area contributed by atoms with Gasteiger partial charge in [-0.05, 0) is 37.3 Å². The highest BCUT2D eigenvalue weighted by Gasteiger charge is 2.42. The molecule has 0 unspecified atom stereocenters. The number of methoxy groups -OCH3 is 1. The van der Waals surface area contributed by atoms with Gasteiger partial charge >= 0.3 is 5.97 Å². The van der Waals surface area contributed by atoms with Crippen LogP contribution in [0.1, 0.15) is 31.2 Å². The van der Waals surface area contributed by atoms with Gasteiger partial charge in [0, 0.05) is 6.61 Å². The first-order chi connectivity index (χ1) is 9.19. The van der Waals surface area contributed by atoms with E-state index in [0.29, 0.717) is 6.42 Å². The lowest BCUT2D eigenvalue weighted by Gasteiger charge is -2.41. The molecule has 19 heavy (non-hydrogen) atoms. The first kappa shape index (κ1) is 13.9. The number of ether oxygens (including phenoxy) is 2. The van der Waals surface area contributed by atoms with Crippen LogP contribution in [0.3, 0.4) is 0 Å². The van der Waals surface area contributed by atoms with Crippen LogP contribution in [0.2, 0.25) is 0 Å². The van der Waals surface area contributed by atoms with Crippen molar-refractivity contribution in [1.29, 1.82) is 0 Å². The summed E-state index contributed by atoms with van der Waals surface area (Å²) in [6.07, 6.45) is 3.66. The summed E-state index contributed by atoms with van der Waals surface area (Å²) in [5.41, 5.74) is 0.555. The van der Waals surface area contributed by atoms with Gasteiger partial charge < -0.3 is 14.6 Å². The van der Waals surface area contributed by atoms with Gasteiger partial charge in [0.2, 0.25) is 0 Å². The molecule has 1 fully saturated rings. The molecule has 2 rings (SSSR count). The van der Waals surface area contributed by atoms with Gasteiger partial charge in [0.15, 0.2) is 0 Å². The van der Waals surface area contributed by atoms with Crippen molar-refractivity contribution in [2.24, 2.45) is 0 Å². The monoisotopic (exact) mass is 264 g/mol. The summed E-state index contributed by atoms with van der Waals surface area (Å²) in [6.45, 7) is 0.0877. The highest BCUT2D eigenvalue weighted by atomic mass is 16.5. The predicted octanol–water partition coefficient (Wildman–Crippen LogP) is 2.09. The number of esters is 1. The molecule has 104 valence electrons. The Balaban J connectivity index is 2.12. The molecular weight excluding hydrogens is 244 g/mol. The van der Waals surface area contributed by atoms with Gasteiger partial charge in [0.25, 0.3) is 0 Å². The first-order valence-electron chi connectivity index (χ1n) is 6.64. The minimum Gasteiger partial charge on any atom is -0.486 e. The van der Waals surface area contributed by atoms with E-state index in [9.17, 15) is 4.79 Å². The Hall–Kier alpha value is -1.55. The number of carbonyl (C=O) groups excluding carboxylic acids is 1. The van der Waals surface area contributed by atoms with Gasteiger partial charge in [-0.1, -0.05) is 18.2 Å². The van der Waals surface area contributed by atoms with Gasteiger partial charge in [-0.25, -0.2) is 0 Å². The molecule has 1 aliphatic rings. The van der Waals surface area contributed by atoms with E-state index in [1.165, 1.54) is 7.11 Å². The molecule has 1 aromatic rings. The lowest BCUT2D eigenvalue weighted by molar-refractivity contribution is -0.148. The standard InChI is InChI=1S/C15H20O4/c1-18-14(17)11-15(8-4-9-15)19-13-6-3-2-5-12(13)7-10-16/h2-3,5-6,16H,4,7-11H2,1H3. The van der Waals surface area contributed by atoms with Gasteiger partial charge in [0.05, 0.1) is 13.5 Å². The van der Waals surface area contributed by atoms with Crippen molar-refractivity contribution >= 4 is 5.97 Å². The Bertz CT molecular complexity index is 438. The van der Waals surface area contributed by atoms with E-state index in [4.69, 9.17) is 14.6 Å². The van der Waals surface area contributed by atoms with Crippen molar-refractivity contribution in [2.45, 2.75) is 37.7 Å². The summed E-state index contributed by atoms with van der Waals surface area (Å²) in [4.78, 5) is 11.5. The van der Waals surface area contributed by atoms with Crippen molar-refractivity contribution in [3.05, 3.63) is 29.8 Å². The van der Waals surface area contributed by atoms with E-state index in [1.54, 1.807) is 0 Å². The van der Waals surface area contributed by atoms with Gasteiger partial charge in [-0.15, -0.1) is 0 Å². The summed E-state index contributed by atoms with van der Waals surface area (Å²) in [7, 11) is 1.40. The zero-order chi connectivity index (χ0) is 13.7. The molecule has 0 saturated heterocycles. The molecule has 4 nitrogen and oxygen atoms in total. The maximum atomic E-state index is 11.5. The molecule has 1 saturated carbocycles. The minimum atomic E-state index is -0.418. The highest BCUT2D eigenvalue weighted by Crippen LogP contribution is 2.40. The molecule has 1 aromatic carbocycles. The maximum Gasteiger partial charge on any atom is 0.309 e. The van der Waals surface area contributed by atoms with Crippen LogP contribution < -0.4 is 4.74 Å². The van der Waals surface area contributed by atoms with E-state index in [1.807, 2.05) is 24.3 Å². The third kappa shape index (κ3) is 3.26. The van der Waals surface area contributed by atoms with Crippen molar-refractivity contribution in [1.82, 2.24) is 0 Å². The van der Waals surface area contributed by atoms with E-state index in [-0.39, 0.29) is 19.0 Å². The number of carbonyl (C=O) groups is 1. The number of hydrogen-bond acceptors (Lipinski definition) is 4. The van der Waals surface area contributed by atoms with Crippen LogP contribution in [0.15, 0.2) is 24.3 Å². The highest BCUT2D eigenvalue weighted by molar-refractivity contribution is 5.70. The van der Waals surface area contributed by atoms with Crippen LogP contribution in [0.25, 0.3) is 0 Å². The predicted molar refractivity (Wildman–Crippen MR) is 71.1 cm³/mol. The van der Waals surface area contributed by atoms with Crippen molar-refractivity contribution in [3.8, 4) is 5.75 Å².